The molecule has 0 fully saturated rings. The Kier molecular flexibility index (Phi) is 2.83. The molecule has 21 heavy (non-hydrogen) atoms. The van der Waals surface area contributed by atoms with Gasteiger partial charge in [0.1, 0.15) is 22.9 Å². The van der Waals surface area contributed by atoms with Crippen molar-refractivity contribution in [1.82, 2.24) is 19.9 Å². The predicted molar refractivity (Wildman–Crippen MR) is 84.0 cm³/mol. The molecule has 1 aliphatic carbocycles. The van der Waals surface area contributed by atoms with E-state index in [0.717, 1.165) is 28.2 Å². The van der Waals surface area contributed by atoms with Crippen LogP contribution in [0.5, 0.6) is 0 Å². The number of nitrogens with one attached hydrogen (secondary N) is 3. The summed E-state index contributed by atoms with van der Waals surface area (Å²) in [5.41, 5.74) is 1.60. The Balaban J connectivity index is 1.65. The number of H-pyrrole nitrogens is 2. The van der Waals surface area contributed by atoms with Gasteiger partial charge in [0, 0.05) is 11.3 Å². The minimum atomic E-state index is -0.0212. The smallest absolute Gasteiger partial charge is 0.305 e. The maximum atomic E-state index is 11.4. The van der Waals surface area contributed by atoms with Gasteiger partial charge in [0.2, 0.25) is 0 Å². The first-order valence-electron chi connectivity index (χ1n) is 6.35. The van der Waals surface area contributed by atoms with E-state index >= 15 is 0 Å². The molecule has 0 spiro atoms. The second kappa shape index (κ2) is 4.71. The largest absolute Gasteiger partial charge is 0.363 e. The first-order valence-corrected chi connectivity index (χ1v) is 7.54. The van der Waals surface area contributed by atoms with Crippen LogP contribution in [-0.4, -0.2) is 26.0 Å². The fourth-order valence-electron chi connectivity index (χ4n) is 2.44. The molecule has 0 saturated heterocycles. The second-order valence-electron chi connectivity index (χ2n) is 4.77. The third-order valence-corrected chi connectivity index (χ3v) is 4.49. The zero-order valence-electron chi connectivity index (χ0n) is 10.7. The van der Waals surface area contributed by atoms with Gasteiger partial charge < -0.3 is 15.3 Å². The molecule has 6 nitrogen and oxygen atoms in total. The number of rotatable bonds is 2. The first kappa shape index (κ1) is 12.6. The number of halogens is 1. The second-order valence-corrected chi connectivity index (χ2v) is 6.24. The van der Waals surface area contributed by atoms with Gasteiger partial charge in [-0.2, -0.15) is 0 Å². The van der Waals surface area contributed by atoms with Crippen molar-refractivity contribution in [2.75, 3.05) is 5.32 Å². The molecule has 4 rings (SSSR count). The van der Waals surface area contributed by atoms with Crippen LogP contribution < -0.4 is 10.2 Å². The van der Waals surface area contributed by atoms with Gasteiger partial charge in [-0.25, -0.2) is 9.97 Å². The summed E-state index contributed by atoms with van der Waals surface area (Å²) < 4.78 is 0. The third kappa shape index (κ3) is 2.24. The average Bonchev–Trinajstić information content (AvgIpc) is 2.99. The Morgan fingerprint density at radius 3 is 3.19 bits per heavy atom. The predicted octanol–water partition coefficient (Wildman–Crippen LogP) is 2.41. The van der Waals surface area contributed by atoms with E-state index in [0.29, 0.717) is 10.8 Å². The quantitative estimate of drug-likeness (QED) is 0.677. The van der Waals surface area contributed by atoms with Crippen LogP contribution in [0.25, 0.3) is 17.1 Å². The highest BCUT2D eigenvalue weighted by molar-refractivity contribution is 7.09. The van der Waals surface area contributed by atoms with Gasteiger partial charge in [-0.1, -0.05) is 29.0 Å². The van der Waals surface area contributed by atoms with Crippen LogP contribution in [-0.2, 0) is 6.42 Å². The van der Waals surface area contributed by atoms with E-state index in [1.807, 2.05) is 12.2 Å². The summed E-state index contributed by atoms with van der Waals surface area (Å²) in [6, 6.07) is 1.88. The molecule has 3 heterocycles. The highest BCUT2D eigenvalue weighted by atomic mass is 35.5. The molecule has 3 N–H and O–H groups in total. The van der Waals surface area contributed by atoms with Gasteiger partial charge in [0.15, 0.2) is 0 Å². The number of aromatic amines is 2. The standard InChI is InChI=1S/C13H10ClN5OS/c14-10-4-7-11(15-5-16-12(7)19-10)17-6-1-2-8-9(3-6)21-13(20)18-8/h1-2,4-6H,3H2,(H,18,20)(H2,15,16,17,19). The molecule has 3 aromatic heterocycles. The zero-order valence-corrected chi connectivity index (χ0v) is 12.3. The van der Waals surface area contributed by atoms with Crippen molar-refractivity contribution in [2.24, 2.45) is 0 Å². The number of aromatic nitrogens is 4. The van der Waals surface area contributed by atoms with Crippen LogP contribution in [0, 0.1) is 0 Å². The Bertz CT molecular complexity index is 909. The number of nitrogens with zero attached hydrogens (tertiary/aromatic N) is 2. The topological polar surface area (TPSA) is 86.5 Å². The molecule has 0 amide bonds. The van der Waals surface area contributed by atoms with Crippen LogP contribution in [0.3, 0.4) is 0 Å². The minimum absolute atomic E-state index is 0.0212. The molecule has 3 aromatic rings. The molecular formula is C13H10ClN5OS. The van der Waals surface area contributed by atoms with E-state index in [1.54, 1.807) is 6.07 Å². The third-order valence-electron chi connectivity index (χ3n) is 3.37. The van der Waals surface area contributed by atoms with E-state index in [4.69, 9.17) is 11.6 Å². The Morgan fingerprint density at radius 1 is 1.38 bits per heavy atom. The van der Waals surface area contributed by atoms with Gasteiger partial charge in [-0.3, -0.25) is 4.79 Å². The van der Waals surface area contributed by atoms with Crippen molar-refractivity contribution >= 4 is 45.9 Å². The molecule has 0 saturated carbocycles. The number of hydrogen-bond donors (Lipinski definition) is 3. The Labute approximate surface area is 127 Å². The molecule has 1 atom stereocenters. The summed E-state index contributed by atoms with van der Waals surface area (Å²) in [6.45, 7) is 0. The fraction of sp³-hybridized carbons (Fsp3) is 0.154. The lowest BCUT2D eigenvalue weighted by molar-refractivity contribution is 0.858. The fourth-order valence-corrected chi connectivity index (χ4v) is 3.51. The Morgan fingerprint density at radius 2 is 2.29 bits per heavy atom. The van der Waals surface area contributed by atoms with E-state index in [9.17, 15) is 4.79 Å². The van der Waals surface area contributed by atoms with Gasteiger partial charge in [0.05, 0.1) is 17.1 Å². The number of anilines is 1. The Hall–Kier alpha value is -2.12. The van der Waals surface area contributed by atoms with Crippen molar-refractivity contribution < 1.29 is 0 Å². The molecule has 8 heteroatoms. The van der Waals surface area contributed by atoms with E-state index in [1.165, 1.54) is 17.7 Å². The van der Waals surface area contributed by atoms with Gasteiger partial charge in [-0.05, 0) is 12.1 Å². The molecular weight excluding hydrogens is 310 g/mol. The summed E-state index contributed by atoms with van der Waals surface area (Å²) in [5.74, 6) is 0.726. The highest BCUT2D eigenvalue weighted by Gasteiger charge is 2.18. The summed E-state index contributed by atoms with van der Waals surface area (Å²) in [7, 11) is 0. The van der Waals surface area contributed by atoms with E-state index < -0.39 is 0 Å². The van der Waals surface area contributed by atoms with Crippen LogP contribution in [0.15, 0.2) is 23.3 Å². The summed E-state index contributed by atoms with van der Waals surface area (Å²) in [4.78, 5) is 26.6. The van der Waals surface area contributed by atoms with E-state index in [2.05, 4.69) is 25.3 Å². The van der Waals surface area contributed by atoms with Crippen molar-refractivity contribution in [3.8, 4) is 0 Å². The normalized spacial score (nSPS) is 17.1. The maximum absolute atomic E-state index is 11.4. The number of thiazole rings is 1. The van der Waals surface area contributed by atoms with Crippen molar-refractivity contribution in [2.45, 2.75) is 12.5 Å². The molecule has 106 valence electrons. The lowest BCUT2D eigenvalue weighted by Crippen LogP contribution is -2.22. The number of hydrogen-bond acceptors (Lipinski definition) is 5. The molecule has 1 aliphatic rings. The average molecular weight is 320 g/mol. The summed E-state index contributed by atoms with van der Waals surface area (Å²) in [5, 5.41) is 4.74. The van der Waals surface area contributed by atoms with Crippen molar-refractivity contribution in [3.05, 3.63) is 43.9 Å². The van der Waals surface area contributed by atoms with Gasteiger partial charge >= 0.3 is 4.87 Å². The maximum Gasteiger partial charge on any atom is 0.305 e. The lowest BCUT2D eigenvalue weighted by Gasteiger charge is -2.18. The molecule has 0 bridgehead atoms. The molecule has 1 unspecified atom stereocenters. The van der Waals surface area contributed by atoms with Gasteiger partial charge in [0.25, 0.3) is 0 Å². The van der Waals surface area contributed by atoms with E-state index in [-0.39, 0.29) is 10.9 Å². The van der Waals surface area contributed by atoms with Crippen LogP contribution in [0.4, 0.5) is 5.82 Å². The molecule has 0 aliphatic heterocycles. The van der Waals surface area contributed by atoms with Crippen LogP contribution in [0.2, 0.25) is 5.15 Å². The summed E-state index contributed by atoms with van der Waals surface area (Å²) >= 11 is 7.22. The molecule has 0 aromatic carbocycles. The monoisotopic (exact) mass is 319 g/mol. The van der Waals surface area contributed by atoms with Crippen molar-refractivity contribution in [1.29, 1.82) is 0 Å². The highest BCUT2D eigenvalue weighted by Crippen LogP contribution is 2.26. The van der Waals surface area contributed by atoms with Gasteiger partial charge in [-0.15, -0.1) is 0 Å². The first-order chi connectivity index (χ1) is 10.2. The van der Waals surface area contributed by atoms with Crippen LogP contribution >= 0.6 is 22.9 Å². The van der Waals surface area contributed by atoms with Crippen molar-refractivity contribution in [3.63, 3.8) is 0 Å². The number of fused-ring (bicyclic) bond motifs is 2. The van der Waals surface area contributed by atoms with Crippen LogP contribution in [0.1, 0.15) is 10.6 Å². The SMILES string of the molecule is O=c1[nH]c2c(s1)CC(Nc1ncnc3[nH]c(Cl)cc13)C=C2. The molecule has 0 radical (unpaired) electrons. The minimum Gasteiger partial charge on any atom is -0.363 e. The zero-order chi connectivity index (χ0) is 14.4. The summed E-state index contributed by atoms with van der Waals surface area (Å²) in [6.07, 6.45) is 6.19. The lowest BCUT2D eigenvalue weighted by atomic mass is 10.1.